The van der Waals surface area contributed by atoms with Gasteiger partial charge in [0.2, 0.25) is 0 Å². The average molecular weight is 435 g/mol. The number of ketones is 1. The first kappa shape index (κ1) is 21.0. The van der Waals surface area contributed by atoms with Crippen LogP contribution in [0.25, 0.3) is 5.76 Å². The zero-order valence-corrected chi connectivity index (χ0v) is 17.4. The number of ether oxygens (including phenoxy) is 2. The van der Waals surface area contributed by atoms with E-state index in [0.717, 1.165) is 0 Å². The minimum atomic E-state index is -0.930. The lowest BCUT2D eigenvalue weighted by atomic mass is 9.95. The van der Waals surface area contributed by atoms with Gasteiger partial charge in [-0.15, -0.1) is 0 Å². The molecule has 164 valence electrons. The third kappa shape index (κ3) is 3.66. The van der Waals surface area contributed by atoms with Crippen molar-refractivity contribution in [1.29, 1.82) is 0 Å². The van der Waals surface area contributed by atoms with Crippen molar-refractivity contribution in [3.05, 3.63) is 83.3 Å². The van der Waals surface area contributed by atoms with Crippen LogP contribution < -0.4 is 9.47 Å². The van der Waals surface area contributed by atoms with E-state index < -0.39 is 17.7 Å². The van der Waals surface area contributed by atoms with E-state index in [1.54, 1.807) is 42.5 Å². The zero-order valence-electron chi connectivity index (χ0n) is 17.4. The number of aromatic hydroxyl groups is 1. The normalized spacial score (nSPS) is 17.6. The Morgan fingerprint density at radius 1 is 1.06 bits per heavy atom. The Bertz CT molecular complexity index is 1200. The predicted molar refractivity (Wildman–Crippen MR) is 114 cm³/mol. The maximum atomic E-state index is 13.1. The summed E-state index contributed by atoms with van der Waals surface area (Å²) in [6.45, 7) is 0.0142. The molecule has 1 fully saturated rings. The molecule has 4 rings (SSSR count). The highest BCUT2D eigenvalue weighted by molar-refractivity contribution is 6.46. The summed E-state index contributed by atoms with van der Waals surface area (Å²) in [5, 5.41) is 21.1. The Balaban J connectivity index is 1.90. The van der Waals surface area contributed by atoms with Gasteiger partial charge in [-0.3, -0.25) is 9.59 Å². The van der Waals surface area contributed by atoms with Gasteiger partial charge >= 0.3 is 0 Å². The Hall–Kier alpha value is -4.20. The second-order valence-corrected chi connectivity index (χ2v) is 7.17. The summed E-state index contributed by atoms with van der Waals surface area (Å²) >= 11 is 0. The van der Waals surface area contributed by atoms with Gasteiger partial charge in [-0.2, -0.15) is 0 Å². The lowest BCUT2D eigenvalue weighted by molar-refractivity contribution is -0.140. The van der Waals surface area contributed by atoms with Crippen molar-refractivity contribution < 1.29 is 33.7 Å². The van der Waals surface area contributed by atoms with Crippen LogP contribution in [-0.2, 0) is 16.1 Å². The summed E-state index contributed by atoms with van der Waals surface area (Å²) in [4.78, 5) is 27.4. The van der Waals surface area contributed by atoms with Crippen LogP contribution in [0.3, 0.4) is 0 Å². The molecule has 0 aliphatic carbocycles. The van der Waals surface area contributed by atoms with E-state index in [2.05, 4.69) is 0 Å². The van der Waals surface area contributed by atoms with Crippen molar-refractivity contribution in [2.24, 2.45) is 0 Å². The average Bonchev–Trinajstić information content (AvgIpc) is 3.41. The number of hydrogen-bond donors (Lipinski definition) is 2. The van der Waals surface area contributed by atoms with E-state index in [1.165, 1.54) is 37.5 Å². The highest BCUT2D eigenvalue weighted by atomic mass is 16.5. The fourth-order valence-corrected chi connectivity index (χ4v) is 3.75. The third-order valence-electron chi connectivity index (χ3n) is 5.31. The number of carbonyl (C=O) groups excluding carboxylic acids is 2. The SMILES string of the molecule is COc1cccc(/C(O)=C2/C(=O)C(=O)N(Cc3ccco3)C2c2ccc(O)c(OC)c2)c1. The molecule has 32 heavy (non-hydrogen) atoms. The molecule has 1 unspecified atom stereocenters. The van der Waals surface area contributed by atoms with Crippen LogP contribution in [0.5, 0.6) is 17.2 Å². The van der Waals surface area contributed by atoms with Crippen LogP contribution in [-0.4, -0.2) is 41.0 Å². The molecule has 1 atom stereocenters. The van der Waals surface area contributed by atoms with Gasteiger partial charge in [0.1, 0.15) is 17.3 Å². The fourth-order valence-electron chi connectivity index (χ4n) is 3.75. The van der Waals surface area contributed by atoms with Crippen molar-refractivity contribution in [3.63, 3.8) is 0 Å². The van der Waals surface area contributed by atoms with Crippen molar-refractivity contribution in [1.82, 2.24) is 4.90 Å². The van der Waals surface area contributed by atoms with Crippen LogP contribution in [0.1, 0.15) is 22.9 Å². The molecule has 1 aromatic heterocycles. The Labute approximate surface area is 183 Å². The smallest absolute Gasteiger partial charge is 0.296 e. The lowest BCUT2D eigenvalue weighted by Crippen LogP contribution is -2.29. The maximum Gasteiger partial charge on any atom is 0.296 e. The number of carbonyl (C=O) groups is 2. The Morgan fingerprint density at radius 3 is 2.56 bits per heavy atom. The minimum Gasteiger partial charge on any atom is -0.507 e. The van der Waals surface area contributed by atoms with E-state index in [0.29, 0.717) is 22.6 Å². The molecule has 1 aliphatic heterocycles. The number of nitrogens with zero attached hydrogens (tertiary/aromatic N) is 1. The Morgan fingerprint density at radius 2 is 1.88 bits per heavy atom. The first-order chi connectivity index (χ1) is 15.4. The molecule has 1 aliphatic rings. The summed E-state index contributed by atoms with van der Waals surface area (Å²) in [6, 6.07) is 13.5. The second-order valence-electron chi connectivity index (χ2n) is 7.17. The molecule has 0 spiro atoms. The molecule has 8 heteroatoms. The topological polar surface area (TPSA) is 109 Å². The molecule has 1 amide bonds. The summed E-state index contributed by atoms with van der Waals surface area (Å²) in [6.07, 6.45) is 1.47. The van der Waals surface area contributed by atoms with Crippen LogP contribution in [0.15, 0.2) is 70.9 Å². The number of Topliss-reactive ketones (excluding diaryl/α,β-unsaturated/α-hetero) is 1. The third-order valence-corrected chi connectivity index (χ3v) is 5.31. The first-order valence-electron chi connectivity index (χ1n) is 9.76. The van der Waals surface area contributed by atoms with E-state index >= 15 is 0 Å². The minimum absolute atomic E-state index is 0.0142. The Kier molecular flexibility index (Phi) is 5.59. The van der Waals surface area contributed by atoms with Crippen molar-refractivity contribution in [2.75, 3.05) is 14.2 Å². The monoisotopic (exact) mass is 435 g/mol. The van der Waals surface area contributed by atoms with Crippen molar-refractivity contribution in [3.8, 4) is 17.2 Å². The molecule has 3 aromatic rings. The van der Waals surface area contributed by atoms with Gasteiger partial charge in [0.05, 0.1) is 38.6 Å². The highest BCUT2D eigenvalue weighted by Gasteiger charge is 2.46. The number of amides is 1. The van der Waals surface area contributed by atoms with E-state index in [4.69, 9.17) is 13.9 Å². The van der Waals surface area contributed by atoms with Gasteiger partial charge in [0, 0.05) is 5.56 Å². The van der Waals surface area contributed by atoms with Crippen LogP contribution in [0, 0.1) is 0 Å². The molecular weight excluding hydrogens is 414 g/mol. The maximum absolute atomic E-state index is 13.1. The highest BCUT2D eigenvalue weighted by Crippen LogP contribution is 2.42. The van der Waals surface area contributed by atoms with Gasteiger partial charge in [-0.05, 0) is 42.0 Å². The summed E-state index contributed by atoms with van der Waals surface area (Å²) in [5.74, 6) is -0.886. The number of benzene rings is 2. The molecular formula is C24H21NO7. The predicted octanol–water partition coefficient (Wildman–Crippen LogP) is 3.62. The standard InChI is InChI=1S/C24H21NO7/c1-30-16-6-3-5-15(11-16)22(27)20-21(14-8-9-18(26)19(12-14)31-2)25(24(29)23(20)28)13-17-7-4-10-32-17/h3-12,21,26-27H,13H2,1-2H3/b22-20-. The molecule has 2 heterocycles. The second kappa shape index (κ2) is 8.50. The molecule has 2 aromatic carbocycles. The molecule has 0 saturated carbocycles. The largest absolute Gasteiger partial charge is 0.507 e. The molecule has 0 bridgehead atoms. The van der Waals surface area contributed by atoms with Crippen molar-refractivity contribution in [2.45, 2.75) is 12.6 Å². The van der Waals surface area contributed by atoms with E-state index in [1.807, 2.05) is 0 Å². The van der Waals surface area contributed by atoms with E-state index in [9.17, 15) is 19.8 Å². The summed E-state index contributed by atoms with van der Waals surface area (Å²) in [7, 11) is 2.89. The molecule has 1 saturated heterocycles. The van der Waals surface area contributed by atoms with Crippen LogP contribution in [0.4, 0.5) is 0 Å². The number of aliphatic hydroxyl groups excluding tert-OH is 1. The van der Waals surface area contributed by atoms with E-state index in [-0.39, 0.29) is 29.4 Å². The van der Waals surface area contributed by atoms with Crippen molar-refractivity contribution >= 4 is 17.4 Å². The van der Waals surface area contributed by atoms with Gasteiger partial charge in [-0.25, -0.2) is 0 Å². The van der Waals surface area contributed by atoms with Crippen LogP contribution >= 0.6 is 0 Å². The molecule has 8 nitrogen and oxygen atoms in total. The number of aliphatic hydroxyl groups is 1. The van der Waals surface area contributed by atoms with Gasteiger partial charge in [-0.1, -0.05) is 18.2 Å². The molecule has 0 radical (unpaired) electrons. The number of furan rings is 1. The van der Waals surface area contributed by atoms with Crippen LogP contribution in [0.2, 0.25) is 0 Å². The summed E-state index contributed by atoms with van der Waals surface area (Å²) < 4.78 is 15.8. The number of methoxy groups -OCH3 is 2. The number of phenolic OH excluding ortho intramolecular Hbond substituents is 1. The van der Waals surface area contributed by atoms with Gasteiger partial charge in [0.25, 0.3) is 11.7 Å². The quantitative estimate of drug-likeness (QED) is 0.346. The van der Waals surface area contributed by atoms with Gasteiger partial charge in [0.15, 0.2) is 11.5 Å². The number of hydrogen-bond acceptors (Lipinski definition) is 7. The number of phenols is 1. The fraction of sp³-hybridized carbons (Fsp3) is 0.167. The number of likely N-dealkylation sites (tertiary alicyclic amines) is 1. The van der Waals surface area contributed by atoms with Gasteiger partial charge < -0.3 is 29.0 Å². The summed E-state index contributed by atoms with van der Waals surface area (Å²) in [5.41, 5.74) is 0.730. The first-order valence-corrected chi connectivity index (χ1v) is 9.76. The zero-order chi connectivity index (χ0) is 22.8. The lowest BCUT2D eigenvalue weighted by Gasteiger charge is -2.25. The number of rotatable bonds is 6. The molecule has 2 N–H and O–H groups in total.